The number of carbonyl (C=O) groups is 1. The maximum Gasteiger partial charge on any atom is 0.270 e. The number of fused-ring (bicyclic) bond motifs is 1. The Hall–Kier alpha value is -3.19. The van der Waals surface area contributed by atoms with Gasteiger partial charge in [0.25, 0.3) is 5.91 Å². The van der Waals surface area contributed by atoms with E-state index in [1.54, 1.807) is 16.5 Å². The van der Waals surface area contributed by atoms with Crippen molar-refractivity contribution >= 4 is 27.5 Å². The summed E-state index contributed by atoms with van der Waals surface area (Å²) >= 11 is 3.45. The third-order valence-corrected chi connectivity index (χ3v) is 5.10. The zero-order valence-corrected chi connectivity index (χ0v) is 17.8. The highest BCUT2D eigenvalue weighted by Gasteiger charge is 2.18. The van der Waals surface area contributed by atoms with E-state index >= 15 is 0 Å². The van der Waals surface area contributed by atoms with Gasteiger partial charge in [-0.3, -0.25) is 9.20 Å². The topological polar surface area (TPSA) is 55.6 Å². The first-order valence-electron chi connectivity index (χ1n) is 9.50. The van der Waals surface area contributed by atoms with Crippen LogP contribution in [0.15, 0.2) is 71.3 Å². The standard InChI is InChI=1S/C23H19BrFN3O2/c1-2-20-22(28-14-16(24)5-12-21(28)27-20)23(29)26-13-15-3-8-18(9-4-15)30-19-10-6-17(25)7-11-19/h3-12,14H,2,13H2,1H3,(H,26,29). The smallest absolute Gasteiger partial charge is 0.270 e. The molecule has 30 heavy (non-hydrogen) atoms. The van der Waals surface area contributed by atoms with Gasteiger partial charge < -0.3 is 10.1 Å². The molecule has 0 atom stereocenters. The van der Waals surface area contributed by atoms with Crippen molar-refractivity contribution < 1.29 is 13.9 Å². The molecule has 0 unspecified atom stereocenters. The van der Waals surface area contributed by atoms with Gasteiger partial charge in [-0.15, -0.1) is 0 Å². The number of imidazole rings is 1. The van der Waals surface area contributed by atoms with E-state index in [-0.39, 0.29) is 11.7 Å². The first-order valence-corrected chi connectivity index (χ1v) is 10.3. The summed E-state index contributed by atoms with van der Waals surface area (Å²) in [7, 11) is 0. The number of rotatable bonds is 6. The first kappa shape index (κ1) is 20.1. The molecule has 5 nitrogen and oxygen atoms in total. The van der Waals surface area contributed by atoms with Crippen LogP contribution in [0.4, 0.5) is 4.39 Å². The Morgan fingerprint density at radius 1 is 1.07 bits per heavy atom. The van der Waals surface area contributed by atoms with E-state index in [1.807, 2.05) is 49.5 Å². The Kier molecular flexibility index (Phi) is 5.81. The molecule has 0 aliphatic heterocycles. The zero-order valence-electron chi connectivity index (χ0n) is 16.2. The highest BCUT2D eigenvalue weighted by molar-refractivity contribution is 9.10. The van der Waals surface area contributed by atoms with Crippen molar-refractivity contribution in [3.05, 3.63) is 94.1 Å². The number of ether oxygens (including phenoxy) is 1. The van der Waals surface area contributed by atoms with E-state index < -0.39 is 0 Å². The fourth-order valence-electron chi connectivity index (χ4n) is 3.13. The van der Waals surface area contributed by atoms with Crippen molar-refractivity contribution in [2.24, 2.45) is 0 Å². The van der Waals surface area contributed by atoms with Crippen LogP contribution in [0.2, 0.25) is 0 Å². The van der Waals surface area contributed by atoms with E-state index in [1.165, 1.54) is 12.1 Å². The zero-order chi connectivity index (χ0) is 21.1. The van der Waals surface area contributed by atoms with Crippen molar-refractivity contribution in [1.29, 1.82) is 0 Å². The van der Waals surface area contributed by atoms with Crippen LogP contribution in [0.1, 0.15) is 28.7 Å². The number of pyridine rings is 1. The van der Waals surface area contributed by atoms with Crippen molar-refractivity contribution in [2.75, 3.05) is 0 Å². The van der Waals surface area contributed by atoms with Gasteiger partial charge in [-0.1, -0.05) is 19.1 Å². The van der Waals surface area contributed by atoms with Crippen molar-refractivity contribution in [2.45, 2.75) is 19.9 Å². The second-order valence-electron chi connectivity index (χ2n) is 6.72. The van der Waals surface area contributed by atoms with Crippen LogP contribution in [0, 0.1) is 5.82 Å². The van der Waals surface area contributed by atoms with E-state index in [4.69, 9.17) is 4.74 Å². The molecule has 7 heteroatoms. The Morgan fingerprint density at radius 2 is 1.73 bits per heavy atom. The molecular formula is C23H19BrFN3O2. The quantitative estimate of drug-likeness (QED) is 0.406. The lowest BCUT2D eigenvalue weighted by Crippen LogP contribution is -2.25. The molecule has 0 radical (unpaired) electrons. The maximum atomic E-state index is 13.0. The summed E-state index contributed by atoms with van der Waals surface area (Å²) in [6.45, 7) is 2.35. The van der Waals surface area contributed by atoms with Gasteiger partial charge in [-0.2, -0.15) is 0 Å². The molecule has 152 valence electrons. The minimum absolute atomic E-state index is 0.177. The fourth-order valence-corrected chi connectivity index (χ4v) is 3.47. The summed E-state index contributed by atoms with van der Waals surface area (Å²) < 4.78 is 21.4. The highest BCUT2D eigenvalue weighted by Crippen LogP contribution is 2.22. The predicted molar refractivity (Wildman–Crippen MR) is 116 cm³/mol. The van der Waals surface area contributed by atoms with Crippen LogP contribution >= 0.6 is 15.9 Å². The SMILES string of the molecule is CCc1nc2ccc(Br)cn2c1C(=O)NCc1ccc(Oc2ccc(F)cc2)cc1. The number of aromatic nitrogens is 2. The van der Waals surface area contributed by atoms with Gasteiger partial charge in [0.15, 0.2) is 0 Å². The van der Waals surface area contributed by atoms with E-state index in [2.05, 4.69) is 26.2 Å². The molecule has 0 aliphatic carbocycles. The number of aryl methyl sites for hydroxylation is 1. The molecule has 4 rings (SSSR count). The maximum absolute atomic E-state index is 13.0. The molecule has 2 heterocycles. The Bertz CT molecular complexity index is 1190. The summed E-state index contributed by atoms with van der Waals surface area (Å²) in [6.07, 6.45) is 2.51. The van der Waals surface area contributed by atoms with Crippen LogP contribution in [0.5, 0.6) is 11.5 Å². The molecule has 0 saturated heterocycles. The summed E-state index contributed by atoms with van der Waals surface area (Å²) in [6, 6.07) is 17.0. The molecule has 2 aromatic heterocycles. The third-order valence-electron chi connectivity index (χ3n) is 4.63. The predicted octanol–water partition coefficient (Wildman–Crippen LogP) is 5.52. The Morgan fingerprint density at radius 3 is 2.40 bits per heavy atom. The summed E-state index contributed by atoms with van der Waals surface area (Å²) in [4.78, 5) is 17.4. The lowest BCUT2D eigenvalue weighted by Gasteiger charge is -2.09. The Balaban J connectivity index is 1.44. The molecule has 1 amide bonds. The van der Waals surface area contributed by atoms with Crippen molar-refractivity contribution in [1.82, 2.24) is 14.7 Å². The van der Waals surface area contributed by atoms with Crippen LogP contribution in [0.25, 0.3) is 5.65 Å². The fraction of sp³-hybridized carbons (Fsp3) is 0.130. The number of nitrogens with one attached hydrogen (secondary N) is 1. The van der Waals surface area contributed by atoms with Crippen molar-refractivity contribution in [3.8, 4) is 11.5 Å². The second-order valence-corrected chi connectivity index (χ2v) is 7.63. The number of benzene rings is 2. The van der Waals surface area contributed by atoms with Crippen LogP contribution < -0.4 is 10.1 Å². The van der Waals surface area contributed by atoms with Crippen LogP contribution in [0.3, 0.4) is 0 Å². The normalized spacial score (nSPS) is 10.9. The Labute approximate surface area is 181 Å². The molecule has 1 N–H and O–H groups in total. The number of hydrogen-bond donors (Lipinski definition) is 1. The van der Waals surface area contributed by atoms with Gasteiger partial charge >= 0.3 is 0 Å². The van der Waals surface area contributed by atoms with Gasteiger partial charge in [0.2, 0.25) is 0 Å². The van der Waals surface area contributed by atoms with Gasteiger partial charge in [-0.05, 0) is 76.4 Å². The molecular weight excluding hydrogens is 449 g/mol. The molecule has 0 spiro atoms. The van der Waals surface area contributed by atoms with E-state index in [0.717, 1.165) is 21.4 Å². The van der Waals surface area contributed by atoms with Crippen LogP contribution in [-0.2, 0) is 13.0 Å². The molecule has 4 aromatic rings. The number of carbonyl (C=O) groups excluding carboxylic acids is 1. The summed E-state index contributed by atoms with van der Waals surface area (Å²) in [5, 5.41) is 2.97. The lowest BCUT2D eigenvalue weighted by atomic mass is 10.2. The number of nitrogens with zero attached hydrogens (tertiary/aromatic N) is 2. The molecule has 2 aromatic carbocycles. The average Bonchev–Trinajstić information content (AvgIpc) is 3.12. The van der Waals surface area contributed by atoms with Gasteiger partial charge in [0, 0.05) is 17.2 Å². The van der Waals surface area contributed by atoms with E-state index in [0.29, 0.717) is 30.2 Å². The number of amides is 1. The van der Waals surface area contributed by atoms with Gasteiger partial charge in [0.05, 0.1) is 5.69 Å². The molecule has 0 aliphatic rings. The molecule has 0 fully saturated rings. The summed E-state index contributed by atoms with van der Waals surface area (Å²) in [5.41, 5.74) is 2.98. The second kappa shape index (κ2) is 8.67. The first-order chi connectivity index (χ1) is 14.5. The molecule has 0 saturated carbocycles. The third kappa shape index (κ3) is 4.36. The van der Waals surface area contributed by atoms with Gasteiger partial charge in [0.1, 0.15) is 28.7 Å². The monoisotopic (exact) mass is 467 g/mol. The van der Waals surface area contributed by atoms with Crippen molar-refractivity contribution in [3.63, 3.8) is 0 Å². The minimum Gasteiger partial charge on any atom is -0.457 e. The lowest BCUT2D eigenvalue weighted by molar-refractivity contribution is 0.0944. The largest absolute Gasteiger partial charge is 0.457 e. The van der Waals surface area contributed by atoms with E-state index in [9.17, 15) is 9.18 Å². The minimum atomic E-state index is -0.307. The van der Waals surface area contributed by atoms with Gasteiger partial charge in [-0.25, -0.2) is 9.37 Å². The number of halogens is 2. The average molecular weight is 468 g/mol. The summed E-state index contributed by atoms with van der Waals surface area (Å²) in [5.74, 6) is 0.710. The number of hydrogen-bond acceptors (Lipinski definition) is 3. The van der Waals surface area contributed by atoms with Crippen LogP contribution in [-0.4, -0.2) is 15.3 Å². The highest BCUT2D eigenvalue weighted by atomic mass is 79.9. The molecule has 0 bridgehead atoms.